The number of nitrogens with zero attached hydrogens (tertiary/aromatic N) is 3. The van der Waals surface area contributed by atoms with Gasteiger partial charge in [-0.15, -0.1) is 0 Å². The van der Waals surface area contributed by atoms with Crippen molar-refractivity contribution in [1.29, 1.82) is 0 Å². The second-order valence-corrected chi connectivity index (χ2v) is 6.80. The van der Waals surface area contributed by atoms with Crippen LogP contribution in [0.5, 0.6) is 0 Å². The summed E-state index contributed by atoms with van der Waals surface area (Å²) in [5.74, 6) is -0.689. The van der Waals surface area contributed by atoms with Crippen LogP contribution in [0, 0.1) is 0 Å². The van der Waals surface area contributed by atoms with Crippen molar-refractivity contribution in [2.45, 2.75) is 13.1 Å². The second kappa shape index (κ2) is 11.1. The highest BCUT2D eigenvalue weighted by molar-refractivity contribution is 7.61. The molecule has 2 aromatic carbocycles. The summed E-state index contributed by atoms with van der Waals surface area (Å²) in [5, 5.41) is 0.886. The van der Waals surface area contributed by atoms with E-state index in [0.29, 0.717) is 5.56 Å². The van der Waals surface area contributed by atoms with Crippen molar-refractivity contribution in [2.75, 3.05) is 0 Å². The minimum Gasteiger partial charge on any atom is -1.00 e. The maximum absolute atomic E-state index is 12.9. The van der Waals surface area contributed by atoms with Crippen molar-refractivity contribution in [2.24, 2.45) is 4.47 Å². The van der Waals surface area contributed by atoms with Crippen molar-refractivity contribution in [3.63, 3.8) is 0 Å². The molecule has 1 amide bonds. The van der Waals surface area contributed by atoms with Gasteiger partial charge in [0.25, 0.3) is 5.91 Å². The number of aromatic nitrogens is 1. The molecule has 0 aliphatic heterocycles. The highest BCUT2D eigenvalue weighted by Gasteiger charge is 2.20. The molecule has 0 saturated carbocycles. The number of Topliss-reactive ketones (excluding diaryl/α,β-unsaturated/α-hetero) is 1. The minimum absolute atomic E-state index is 0. The van der Waals surface area contributed by atoms with Crippen LogP contribution in [0.4, 0.5) is 0 Å². The van der Waals surface area contributed by atoms with E-state index in [9.17, 15) is 18.0 Å². The van der Waals surface area contributed by atoms with Gasteiger partial charge in [0.1, 0.15) is 5.56 Å². The third-order valence-electron chi connectivity index (χ3n) is 4.10. The number of carbonyl (C=O) groups excluding carboxylic acids is 2. The Labute approximate surface area is 186 Å². The Hall–Kier alpha value is -3.17. The van der Waals surface area contributed by atoms with Crippen LogP contribution in [0.15, 0.2) is 89.7 Å². The van der Waals surface area contributed by atoms with Gasteiger partial charge in [0.2, 0.25) is 12.3 Å². The number of ketones is 1. The van der Waals surface area contributed by atoms with E-state index in [1.807, 2.05) is 12.1 Å². The fourth-order valence-corrected chi connectivity index (χ4v) is 3.04. The van der Waals surface area contributed by atoms with Crippen molar-refractivity contribution in [1.82, 2.24) is 5.01 Å². The molecule has 0 N–H and O–H groups in total. The van der Waals surface area contributed by atoms with Gasteiger partial charge in [0.05, 0.1) is 6.54 Å². The van der Waals surface area contributed by atoms with E-state index in [4.69, 9.17) is 0 Å². The average molecular weight is 488 g/mol. The van der Waals surface area contributed by atoms with Gasteiger partial charge in [-0.1, -0.05) is 60.7 Å². The fraction of sp³-hybridized carbons (Fsp3) is 0.0952. The van der Waals surface area contributed by atoms with Gasteiger partial charge in [-0.25, -0.2) is 5.01 Å². The normalized spacial score (nSPS) is 9.87. The molecule has 0 bridgehead atoms. The van der Waals surface area contributed by atoms with Crippen LogP contribution in [-0.4, -0.2) is 25.1 Å². The largest absolute Gasteiger partial charge is 1.00 e. The van der Waals surface area contributed by atoms with Gasteiger partial charge >= 0.3 is 10.5 Å². The molecule has 30 heavy (non-hydrogen) atoms. The number of pyridine rings is 1. The first kappa shape index (κ1) is 23.1. The zero-order valence-electron chi connectivity index (χ0n) is 15.8. The van der Waals surface area contributed by atoms with Crippen LogP contribution >= 0.6 is 0 Å². The van der Waals surface area contributed by atoms with E-state index in [-0.39, 0.29) is 41.4 Å². The lowest BCUT2D eigenvalue weighted by Gasteiger charge is -2.14. The van der Waals surface area contributed by atoms with Gasteiger partial charge in [-0.3, -0.25) is 9.59 Å². The van der Waals surface area contributed by atoms with Crippen LogP contribution in [0.25, 0.3) is 0 Å². The van der Waals surface area contributed by atoms with Crippen LogP contribution < -0.4 is 21.5 Å². The maximum Gasteiger partial charge on any atom is 0.333 e. The number of carbonyl (C=O) groups is 2. The molecule has 0 radical (unpaired) electrons. The lowest BCUT2D eigenvalue weighted by atomic mass is 10.1. The molecule has 1 aromatic heterocycles. The predicted molar refractivity (Wildman–Crippen MR) is 105 cm³/mol. The molecule has 9 heteroatoms. The van der Waals surface area contributed by atoms with Gasteiger partial charge in [0, 0.05) is 11.6 Å². The molecule has 0 saturated heterocycles. The van der Waals surface area contributed by atoms with Gasteiger partial charge in [-0.05, 0) is 16.1 Å². The first-order valence-corrected chi connectivity index (χ1v) is 9.80. The summed E-state index contributed by atoms with van der Waals surface area (Å²) in [6, 6.07) is 21.0. The Bertz CT molecular complexity index is 1150. The Morgan fingerprint density at radius 1 is 0.867 bits per heavy atom. The average Bonchev–Trinajstić information content (AvgIpc) is 2.74. The Kier molecular flexibility index (Phi) is 8.57. The minimum atomic E-state index is -2.78. The van der Waals surface area contributed by atoms with Crippen LogP contribution in [0.1, 0.15) is 26.3 Å². The SMILES string of the molecule is O=C(C[n+]1cccc(C(=O)N(Cc2ccccc2)N=S(=O)=O)c1)c1ccccc1.[Br-]. The highest BCUT2D eigenvalue weighted by Crippen LogP contribution is 2.10. The number of rotatable bonds is 7. The third kappa shape index (κ3) is 6.43. The van der Waals surface area contributed by atoms with Gasteiger partial charge in [-0.2, -0.15) is 13.0 Å². The first-order chi connectivity index (χ1) is 14.0. The highest BCUT2D eigenvalue weighted by atomic mass is 79.9. The summed E-state index contributed by atoms with van der Waals surface area (Å²) < 4.78 is 27.2. The summed E-state index contributed by atoms with van der Waals surface area (Å²) in [6.07, 6.45) is 3.17. The van der Waals surface area contributed by atoms with Crippen LogP contribution in [0.3, 0.4) is 0 Å². The van der Waals surface area contributed by atoms with E-state index in [1.54, 1.807) is 71.4 Å². The van der Waals surface area contributed by atoms with Gasteiger partial charge in [0.15, 0.2) is 12.4 Å². The Balaban J connectivity index is 0.00000320. The lowest BCUT2D eigenvalue weighted by Crippen LogP contribution is -3.00. The molecule has 3 rings (SSSR count). The summed E-state index contributed by atoms with van der Waals surface area (Å²) in [5.41, 5.74) is 1.52. The molecule has 3 aromatic rings. The van der Waals surface area contributed by atoms with E-state index in [1.165, 1.54) is 6.20 Å². The first-order valence-electron chi connectivity index (χ1n) is 8.77. The van der Waals surface area contributed by atoms with Crippen LogP contribution in [0.2, 0.25) is 0 Å². The molecule has 154 valence electrons. The monoisotopic (exact) mass is 487 g/mol. The molecule has 0 spiro atoms. The summed E-state index contributed by atoms with van der Waals surface area (Å²) in [4.78, 5) is 25.3. The topological polar surface area (TPSA) is 87.8 Å². The lowest BCUT2D eigenvalue weighted by molar-refractivity contribution is -0.683. The van der Waals surface area contributed by atoms with Crippen molar-refractivity contribution >= 4 is 22.2 Å². The number of benzene rings is 2. The van der Waals surface area contributed by atoms with E-state index in [2.05, 4.69) is 4.47 Å². The predicted octanol–water partition coefficient (Wildman–Crippen LogP) is -0.519. The molecule has 0 aliphatic rings. The van der Waals surface area contributed by atoms with Gasteiger partial charge < -0.3 is 17.0 Å². The van der Waals surface area contributed by atoms with E-state index in [0.717, 1.165) is 10.6 Å². The van der Waals surface area contributed by atoms with Crippen molar-refractivity contribution in [3.8, 4) is 0 Å². The molecule has 0 unspecified atom stereocenters. The maximum atomic E-state index is 12.9. The van der Waals surface area contributed by atoms with E-state index < -0.39 is 16.4 Å². The molecular formula is C21H18BrN3O4S. The Morgan fingerprint density at radius 2 is 1.47 bits per heavy atom. The van der Waals surface area contributed by atoms with Crippen molar-refractivity contribution < 1.29 is 39.6 Å². The summed E-state index contributed by atoms with van der Waals surface area (Å²) in [7, 11) is -2.78. The summed E-state index contributed by atoms with van der Waals surface area (Å²) in [6.45, 7) is 0.0555. The number of amides is 1. The molecule has 1 heterocycles. The molecule has 0 aliphatic carbocycles. The zero-order valence-corrected chi connectivity index (χ0v) is 18.2. The molecule has 0 atom stereocenters. The summed E-state index contributed by atoms with van der Waals surface area (Å²) >= 11 is 0. The zero-order chi connectivity index (χ0) is 20.6. The Morgan fingerprint density at radius 3 is 2.10 bits per heavy atom. The smallest absolute Gasteiger partial charge is 0.333 e. The molecular weight excluding hydrogens is 470 g/mol. The quantitative estimate of drug-likeness (QED) is 0.255. The fourth-order valence-electron chi connectivity index (χ4n) is 2.75. The molecule has 0 fully saturated rings. The molecule has 7 nitrogen and oxygen atoms in total. The van der Waals surface area contributed by atoms with Crippen LogP contribution in [-0.2, 0) is 23.6 Å². The van der Waals surface area contributed by atoms with Crippen molar-refractivity contribution in [3.05, 3.63) is 102 Å². The number of hydrogen-bond acceptors (Lipinski definition) is 5. The number of halogens is 1. The number of hydrogen-bond donors (Lipinski definition) is 0. The standard InChI is InChI=1S/C21H18N3O4S.BrH/c25-20(18-10-5-2-6-11-18)16-23-13-7-12-19(15-23)21(26)24(22-29(27)28)14-17-8-3-1-4-9-17;/h1-13,15H,14,16H2;1H/q+1;/p-1. The second-order valence-electron chi connectivity index (χ2n) is 6.20. The van der Waals surface area contributed by atoms with E-state index >= 15 is 0 Å². The third-order valence-corrected chi connectivity index (χ3v) is 4.43.